The van der Waals surface area contributed by atoms with Crippen molar-refractivity contribution in [2.45, 2.75) is 66.0 Å². The van der Waals surface area contributed by atoms with Crippen LogP contribution in [0, 0.1) is 19.8 Å². The third-order valence-corrected chi connectivity index (χ3v) is 7.14. The predicted octanol–water partition coefficient (Wildman–Crippen LogP) is 5.04. The number of aliphatic imine (C=N–C) groups is 1. The van der Waals surface area contributed by atoms with Crippen molar-refractivity contribution in [1.82, 2.24) is 10.2 Å². The minimum absolute atomic E-state index is 0.00232. The van der Waals surface area contributed by atoms with Gasteiger partial charge in [-0.15, -0.1) is 0 Å². The lowest BCUT2D eigenvalue weighted by atomic mass is 9.96. The topological polar surface area (TPSA) is 94.1 Å². The molecule has 2 N–H and O–H groups in total. The molecule has 2 heterocycles. The first kappa shape index (κ1) is 27.4. The fourth-order valence-corrected chi connectivity index (χ4v) is 5.20. The highest BCUT2D eigenvalue weighted by atomic mass is 16.2. The van der Waals surface area contributed by atoms with Crippen LogP contribution in [0.2, 0.25) is 0 Å². The van der Waals surface area contributed by atoms with E-state index in [1.807, 2.05) is 69.0 Å². The molecule has 2 aromatic rings. The summed E-state index contributed by atoms with van der Waals surface area (Å²) < 4.78 is 0. The van der Waals surface area contributed by atoms with Crippen molar-refractivity contribution in [3.8, 4) is 0 Å². The molecule has 202 valence electrons. The number of nitrogens with zero attached hydrogens (tertiary/aromatic N) is 3. The molecule has 0 saturated carbocycles. The van der Waals surface area contributed by atoms with E-state index in [0.29, 0.717) is 24.5 Å². The van der Waals surface area contributed by atoms with E-state index < -0.39 is 18.1 Å². The van der Waals surface area contributed by atoms with Crippen LogP contribution in [0.25, 0.3) is 0 Å². The zero-order valence-corrected chi connectivity index (χ0v) is 22.9. The van der Waals surface area contributed by atoms with Crippen molar-refractivity contribution in [2.24, 2.45) is 10.9 Å². The van der Waals surface area contributed by atoms with Crippen molar-refractivity contribution in [3.05, 3.63) is 59.2 Å². The Morgan fingerprint density at radius 1 is 1.00 bits per heavy atom. The molecule has 1 saturated heterocycles. The van der Waals surface area contributed by atoms with Gasteiger partial charge in [-0.3, -0.25) is 19.5 Å². The SMILES string of the molecule is Cc1cccc(NC(=O)N[C@@H]2N=C(C(C)C)c3cccc(C)c3N(CC(=O)N3CCCCCCC3)C2=O)c1. The Kier molecular flexibility index (Phi) is 8.81. The number of benzene rings is 2. The molecule has 8 heteroatoms. The third kappa shape index (κ3) is 6.41. The second-order valence-corrected chi connectivity index (χ2v) is 10.6. The Bertz CT molecular complexity index is 1210. The molecular weight excluding hydrogens is 478 g/mol. The van der Waals surface area contributed by atoms with Crippen LogP contribution in [0.4, 0.5) is 16.2 Å². The molecule has 0 bridgehead atoms. The number of aryl methyl sites for hydroxylation is 2. The van der Waals surface area contributed by atoms with Crippen LogP contribution < -0.4 is 15.5 Å². The average Bonchev–Trinajstić information content (AvgIpc) is 2.95. The number of hydrogen-bond acceptors (Lipinski definition) is 4. The summed E-state index contributed by atoms with van der Waals surface area (Å²) in [5.41, 5.74) is 4.74. The zero-order valence-electron chi connectivity index (χ0n) is 22.9. The molecule has 4 amide bonds. The number of hydrogen-bond donors (Lipinski definition) is 2. The van der Waals surface area contributed by atoms with Crippen molar-refractivity contribution in [1.29, 1.82) is 0 Å². The highest BCUT2D eigenvalue weighted by Crippen LogP contribution is 2.31. The highest BCUT2D eigenvalue weighted by Gasteiger charge is 2.36. The minimum Gasteiger partial charge on any atom is -0.341 e. The lowest BCUT2D eigenvalue weighted by Gasteiger charge is -2.30. The number of carbonyl (C=O) groups excluding carboxylic acids is 3. The molecule has 0 radical (unpaired) electrons. The van der Waals surface area contributed by atoms with Gasteiger partial charge in [-0.1, -0.05) is 63.4 Å². The summed E-state index contributed by atoms with van der Waals surface area (Å²) >= 11 is 0. The van der Waals surface area contributed by atoms with Gasteiger partial charge < -0.3 is 15.5 Å². The van der Waals surface area contributed by atoms with Gasteiger partial charge >= 0.3 is 6.03 Å². The average molecular weight is 518 g/mol. The molecule has 2 aliphatic heterocycles. The number of benzodiazepines with no additional fused rings is 1. The second-order valence-electron chi connectivity index (χ2n) is 10.6. The van der Waals surface area contributed by atoms with Gasteiger partial charge in [-0.2, -0.15) is 0 Å². The fraction of sp³-hybridized carbons (Fsp3) is 0.467. The molecule has 2 aromatic carbocycles. The Morgan fingerprint density at radius 2 is 1.68 bits per heavy atom. The number of urea groups is 1. The maximum atomic E-state index is 14.0. The standard InChI is InChI=1S/C30H39N5O3/c1-20(2)26-24-15-11-13-22(4)27(24)35(19-25(36)34-16-8-6-5-7-9-17-34)29(37)28(32-26)33-30(38)31-23-14-10-12-21(3)18-23/h10-15,18,20,28H,5-9,16-17,19H2,1-4H3,(H2,31,33,38)/t28-/m0/s1. The van der Waals surface area contributed by atoms with Gasteiger partial charge in [0.25, 0.3) is 5.91 Å². The molecule has 0 aromatic heterocycles. The van der Waals surface area contributed by atoms with Crippen LogP contribution in [0.3, 0.4) is 0 Å². The number of fused-ring (bicyclic) bond motifs is 1. The minimum atomic E-state index is -1.16. The van der Waals surface area contributed by atoms with E-state index in [0.717, 1.165) is 48.1 Å². The highest BCUT2D eigenvalue weighted by molar-refractivity contribution is 6.15. The number of rotatable bonds is 5. The Labute approximate surface area is 225 Å². The summed E-state index contributed by atoms with van der Waals surface area (Å²) in [6, 6.07) is 12.7. The van der Waals surface area contributed by atoms with E-state index in [1.165, 1.54) is 11.3 Å². The molecule has 0 aliphatic carbocycles. The summed E-state index contributed by atoms with van der Waals surface area (Å²) in [5, 5.41) is 5.57. The number of likely N-dealkylation sites (tertiary alicyclic amines) is 1. The Balaban J connectivity index is 1.65. The Hall–Kier alpha value is -3.68. The van der Waals surface area contributed by atoms with E-state index >= 15 is 0 Å². The van der Waals surface area contributed by atoms with Gasteiger partial charge in [0.05, 0.1) is 5.69 Å². The lowest BCUT2D eigenvalue weighted by Crippen LogP contribution is -2.52. The summed E-state index contributed by atoms with van der Waals surface area (Å²) in [4.78, 5) is 48.7. The first-order chi connectivity index (χ1) is 18.2. The molecule has 1 atom stereocenters. The normalized spacial score (nSPS) is 18.2. The summed E-state index contributed by atoms with van der Waals surface area (Å²) in [6.07, 6.45) is 4.21. The maximum Gasteiger partial charge on any atom is 0.321 e. The van der Waals surface area contributed by atoms with Gasteiger partial charge in [-0.05, 0) is 55.9 Å². The Morgan fingerprint density at radius 3 is 2.37 bits per heavy atom. The molecule has 1 fully saturated rings. The fourth-order valence-electron chi connectivity index (χ4n) is 5.20. The second kappa shape index (κ2) is 12.2. The number of nitrogens with one attached hydrogen (secondary N) is 2. The van der Waals surface area contributed by atoms with Gasteiger partial charge in [0.15, 0.2) is 0 Å². The first-order valence-corrected chi connectivity index (χ1v) is 13.7. The quantitative estimate of drug-likeness (QED) is 0.582. The van der Waals surface area contributed by atoms with Gasteiger partial charge in [0.2, 0.25) is 12.1 Å². The maximum absolute atomic E-state index is 14.0. The van der Waals surface area contributed by atoms with Crippen LogP contribution >= 0.6 is 0 Å². The number of amides is 4. The number of carbonyl (C=O) groups is 3. The van der Waals surface area contributed by atoms with Crippen molar-refractivity contribution in [3.63, 3.8) is 0 Å². The van der Waals surface area contributed by atoms with Crippen molar-refractivity contribution < 1.29 is 14.4 Å². The van der Waals surface area contributed by atoms with Crippen molar-refractivity contribution in [2.75, 3.05) is 29.9 Å². The van der Waals surface area contributed by atoms with E-state index in [9.17, 15) is 14.4 Å². The predicted molar refractivity (Wildman–Crippen MR) is 152 cm³/mol. The van der Waals surface area contributed by atoms with Crippen molar-refractivity contribution >= 4 is 34.9 Å². The van der Waals surface area contributed by atoms with Gasteiger partial charge in [-0.25, -0.2) is 4.79 Å². The summed E-state index contributed by atoms with van der Waals surface area (Å²) in [5.74, 6) is -0.501. The molecular formula is C30H39N5O3. The lowest BCUT2D eigenvalue weighted by molar-refractivity contribution is -0.132. The van der Waals surface area contributed by atoms with Gasteiger partial charge in [0, 0.05) is 30.1 Å². The molecule has 0 unspecified atom stereocenters. The van der Waals surface area contributed by atoms with E-state index in [1.54, 1.807) is 6.07 Å². The van der Waals surface area contributed by atoms with E-state index in [4.69, 9.17) is 4.99 Å². The van der Waals surface area contributed by atoms with Crippen LogP contribution in [0.5, 0.6) is 0 Å². The molecule has 2 aliphatic rings. The largest absolute Gasteiger partial charge is 0.341 e. The van der Waals surface area contributed by atoms with Gasteiger partial charge in [0.1, 0.15) is 6.54 Å². The van der Waals surface area contributed by atoms with Crippen LogP contribution in [-0.2, 0) is 9.59 Å². The molecule has 8 nitrogen and oxygen atoms in total. The summed E-state index contributed by atoms with van der Waals surface area (Å²) in [7, 11) is 0. The van der Waals surface area contributed by atoms with E-state index in [2.05, 4.69) is 10.6 Å². The number of anilines is 2. The molecule has 0 spiro atoms. The monoisotopic (exact) mass is 517 g/mol. The first-order valence-electron chi connectivity index (χ1n) is 13.7. The van der Waals surface area contributed by atoms with Crippen LogP contribution in [-0.4, -0.2) is 54.3 Å². The molecule has 38 heavy (non-hydrogen) atoms. The van der Waals surface area contributed by atoms with Crippen LogP contribution in [0.15, 0.2) is 47.5 Å². The smallest absolute Gasteiger partial charge is 0.321 e. The van der Waals surface area contributed by atoms with Crippen LogP contribution in [0.1, 0.15) is 62.6 Å². The van der Waals surface area contributed by atoms with E-state index in [-0.39, 0.29) is 18.4 Å². The summed E-state index contributed by atoms with van der Waals surface area (Å²) in [6.45, 7) is 9.23. The third-order valence-electron chi connectivity index (χ3n) is 7.14. The zero-order chi connectivity index (χ0) is 27.2. The number of para-hydroxylation sites is 1. The molecule has 4 rings (SSSR count).